The number of nitriles is 1. The minimum atomic E-state index is -0.393. The van der Waals surface area contributed by atoms with Crippen LogP contribution in [0.1, 0.15) is 32.6 Å². The van der Waals surface area contributed by atoms with Gasteiger partial charge in [0.25, 0.3) is 0 Å². The summed E-state index contributed by atoms with van der Waals surface area (Å²) in [5, 5.41) is 8.88. The molecule has 14 heavy (non-hydrogen) atoms. The fraction of sp³-hybridized carbons (Fsp3) is 0.636. The van der Waals surface area contributed by atoms with Crippen molar-refractivity contribution in [2.45, 2.75) is 32.6 Å². The number of esters is 1. The van der Waals surface area contributed by atoms with Gasteiger partial charge in [0.2, 0.25) is 0 Å². The van der Waals surface area contributed by atoms with Crippen LogP contribution in [0.15, 0.2) is 11.6 Å². The van der Waals surface area contributed by atoms with Gasteiger partial charge >= 0.3 is 5.97 Å². The van der Waals surface area contributed by atoms with E-state index >= 15 is 0 Å². The lowest BCUT2D eigenvalue weighted by atomic mass is 9.98. The number of hydrogen-bond donors (Lipinski definition) is 0. The Morgan fingerprint density at radius 2 is 2.21 bits per heavy atom. The molecule has 1 saturated carbocycles. The molecular weight excluding hydrogens is 178 g/mol. The average Bonchev–Trinajstić information content (AvgIpc) is 2.67. The van der Waals surface area contributed by atoms with Crippen molar-refractivity contribution in [1.82, 2.24) is 0 Å². The van der Waals surface area contributed by atoms with Crippen molar-refractivity contribution < 1.29 is 9.53 Å². The maximum absolute atomic E-state index is 11.1. The molecule has 0 N–H and O–H groups in total. The van der Waals surface area contributed by atoms with Crippen LogP contribution in [0, 0.1) is 17.2 Å². The van der Waals surface area contributed by atoms with Crippen molar-refractivity contribution >= 4 is 5.97 Å². The summed E-state index contributed by atoms with van der Waals surface area (Å²) in [6.45, 7) is 2.12. The standard InChI is InChI=1S/C11H15NO2/c1-2-14-11(13)7-10(8-12)9-5-3-4-6-9/h7,9H,2-6H2,1H3/b10-7-. The average molecular weight is 193 g/mol. The summed E-state index contributed by atoms with van der Waals surface area (Å²) in [4.78, 5) is 11.1. The predicted molar refractivity (Wildman–Crippen MR) is 52.3 cm³/mol. The van der Waals surface area contributed by atoms with Crippen LogP contribution in [0.3, 0.4) is 0 Å². The first kappa shape index (κ1) is 10.8. The fourth-order valence-corrected chi connectivity index (χ4v) is 1.79. The monoisotopic (exact) mass is 193 g/mol. The molecule has 0 aromatic rings. The minimum Gasteiger partial charge on any atom is -0.463 e. The Hall–Kier alpha value is -1.30. The molecular formula is C11H15NO2. The molecule has 1 rings (SSSR count). The van der Waals surface area contributed by atoms with Gasteiger partial charge in [0, 0.05) is 11.6 Å². The maximum Gasteiger partial charge on any atom is 0.331 e. The maximum atomic E-state index is 11.1. The zero-order chi connectivity index (χ0) is 10.4. The Balaban J connectivity index is 2.61. The number of ether oxygens (including phenoxy) is 1. The Morgan fingerprint density at radius 1 is 1.57 bits per heavy atom. The van der Waals surface area contributed by atoms with E-state index in [1.165, 1.54) is 6.08 Å². The summed E-state index contributed by atoms with van der Waals surface area (Å²) in [6.07, 6.45) is 5.72. The number of carbonyl (C=O) groups is 1. The van der Waals surface area contributed by atoms with Crippen molar-refractivity contribution in [2.24, 2.45) is 5.92 Å². The summed E-state index contributed by atoms with van der Waals surface area (Å²) >= 11 is 0. The summed E-state index contributed by atoms with van der Waals surface area (Å²) < 4.78 is 4.77. The molecule has 1 aliphatic rings. The van der Waals surface area contributed by atoms with Gasteiger partial charge in [-0.2, -0.15) is 5.26 Å². The van der Waals surface area contributed by atoms with Crippen LogP contribution in [0.5, 0.6) is 0 Å². The van der Waals surface area contributed by atoms with E-state index in [-0.39, 0.29) is 5.92 Å². The van der Waals surface area contributed by atoms with Gasteiger partial charge in [0.05, 0.1) is 12.7 Å². The van der Waals surface area contributed by atoms with Gasteiger partial charge in [-0.05, 0) is 25.7 Å². The molecule has 76 valence electrons. The van der Waals surface area contributed by atoms with Gasteiger partial charge in [-0.3, -0.25) is 0 Å². The zero-order valence-electron chi connectivity index (χ0n) is 8.45. The van der Waals surface area contributed by atoms with Gasteiger partial charge in [-0.25, -0.2) is 4.79 Å². The Morgan fingerprint density at radius 3 is 2.71 bits per heavy atom. The minimum absolute atomic E-state index is 0.282. The second kappa shape index (κ2) is 5.43. The van der Waals surface area contributed by atoms with Crippen LogP contribution in [-0.2, 0) is 9.53 Å². The number of hydrogen-bond acceptors (Lipinski definition) is 3. The highest BCUT2D eigenvalue weighted by atomic mass is 16.5. The molecule has 1 fully saturated rings. The van der Waals surface area contributed by atoms with Gasteiger partial charge in [0.1, 0.15) is 0 Å². The molecule has 0 radical (unpaired) electrons. The van der Waals surface area contributed by atoms with E-state index in [0.717, 1.165) is 25.7 Å². The van der Waals surface area contributed by atoms with Gasteiger partial charge in [-0.15, -0.1) is 0 Å². The molecule has 0 saturated heterocycles. The van der Waals surface area contributed by atoms with Gasteiger partial charge in [0.15, 0.2) is 0 Å². The summed E-state index contributed by atoms with van der Waals surface area (Å²) in [7, 11) is 0. The van der Waals surface area contributed by atoms with E-state index in [1.54, 1.807) is 6.92 Å². The third-order valence-corrected chi connectivity index (χ3v) is 2.48. The molecule has 3 nitrogen and oxygen atoms in total. The van der Waals surface area contributed by atoms with E-state index < -0.39 is 5.97 Å². The van der Waals surface area contributed by atoms with E-state index in [1.807, 2.05) is 0 Å². The molecule has 0 heterocycles. The van der Waals surface area contributed by atoms with E-state index in [0.29, 0.717) is 12.2 Å². The number of allylic oxidation sites excluding steroid dienone is 1. The molecule has 0 bridgehead atoms. The lowest BCUT2D eigenvalue weighted by molar-refractivity contribution is -0.137. The zero-order valence-corrected chi connectivity index (χ0v) is 8.45. The van der Waals surface area contributed by atoms with Crippen molar-refractivity contribution in [3.05, 3.63) is 11.6 Å². The van der Waals surface area contributed by atoms with Gasteiger partial charge in [-0.1, -0.05) is 12.8 Å². The lowest BCUT2D eigenvalue weighted by Gasteiger charge is -2.05. The fourth-order valence-electron chi connectivity index (χ4n) is 1.79. The molecule has 0 spiro atoms. The summed E-state index contributed by atoms with van der Waals surface area (Å²) in [5.41, 5.74) is 0.584. The van der Waals surface area contributed by atoms with Crippen LogP contribution < -0.4 is 0 Å². The summed E-state index contributed by atoms with van der Waals surface area (Å²) in [5.74, 6) is -0.111. The predicted octanol–water partition coefficient (Wildman–Crippen LogP) is 2.19. The van der Waals surface area contributed by atoms with Crippen LogP contribution >= 0.6 is 0 Å². The number of nitrogens with zero attached hydrogens (tertiary/aromatic N) is 1. The Kier molecular flexibility index (Phi) is 4.18. The molecule has 1 aliphatic carbocycles. The summed E-state index contributed by atoms with van der Waals surface area (Å²) in [6, 6.07) is 2.09. The molecule has 0 aromatic heterocycles. The van der Waals surface area contributed by atoms with Crippen LogP contribution in [0.4, 0.5) is 0 Å². The van der Waals surface area contributed by atoms with Crippen molar-refractivity contribution in [2.75, 3.05) is 6.61 Å². The topological polar surface area (TPSA) is 50.1 Å². The van der Waals surface area contributed by atoms with E-state index in [4.69, 9.17) is 10.00 Å². The molecule has 0 aliphatic heterocycles. The van der Waals surface area contributed by atoms with Crippen LogP contribution in [0.25, 0.3) is 0 Å². The number of carbonyl (C=O) groups excluding carboxylic acids is 1. The Labute approximate surface area is 84.4 Å². The molecule has 3 heteroatoms. The quantitative estimate of drug-likeness (QED) is 0.392. The van der Waals surface area contributed by atoms with Crippen molar-refractivity contribution in [3.63, 3.8) is 0 Å². The second-order valence-corrected chi connectivity index (χ2v) is 3.44. The van der Waals surface area contributed by atoms with Crippen molar-refractivity contribution in [1.29, 1.82) is 5.26 Å². The largest absolute Gasteiger partial charge is 0.463 e. The highest BCUT2D eigenvalue weighted by Crippen LogP contribution is 2.30. The number of rotatable bonds is 3. The first-order valence-corrected chi connectivity index (χ1v) is 5.06. The smallest absolute Gasteiger partial charge is 0.331 e. The van der Waals surface area contributed by atoms with E-state index in [9.17, 15) is 4.79 Å². The third-order valence-electron chi connectivity index (χ3n) is 2.48. The highest BCUT2D eigenvalue weighted by Gasteiger charge is 2.20. The van der Waals surface area contributed by atoms with Crippen molar-refractivity contribution in [3.8, 4) is 6.07 Å². The SMILES string of the molecule is CCOC(=O)/C=C(/C#N)C1CCCC1. The Bertz CT molecular complexity index is 270. The molecule has 0 amide bonds. The first-order chi connectivity index (χ1) is 6.77. The van der Waals surface area contributed by atoms with E-state index in [2.05, 4.69) is 6.07 Å². The third kappa shape index (κ3) is 2.88. The van der Waals surface area contributed by atoms with Crippen LogP contribution in [0.2, 0.25) is 0 Å². The lowest BCUT2D eigenvalue weighted by Crippen LogP contribution is -2.04. The molecule has 0 atom stereocenters. The molecule has 0 unspecified atom stereocenters. The van der Waals surface area contributed by atoms with Gasteiger partial charge < -0.3 is 4.74 Å². The first-order valence-electron chi connectivity index (χ1n) is 5.06. The second-order valence-electron chi connectivity index (χ2n) is 3.44. The van der Waals surface area contributed by atoms with Crippen LogP contribution in [-0.4, -0.2) is 12.6 Å². The highest BCUT2D eigenvalue weighted by molar-refractivity contribution is 5.83. The molecule has 0 aromatic carbocycles. The normalized spacial score (nSPS) is 17.9.